The number of nitrogens with one attached hydrogen (secondary N) is 1. The van der Waals surface area contributed by atoms with Crippen LogP contribution in [0, 0.1) is 13.8 Å². The molecule has 3 heteroatoms. The predicted molar refractivity (Wildman–Crippen MR) is 75.7 cm³/mol. The van der Waals surface area contributed by atoms with Crippen LogP contribution in [-0.4, -0.2) is 16.5 Å². The van der Waals surface area contributed by atoms with Crippen LogP contribution < -0.4 is 5.32 Å². The molecule has 94 valence electrons. The van der Waals surface area contributed by atoms with Gasteiger partial charge in [-0.25, -0.2) is 4.98 Å². The zero-order valence-electron chi connectivity index (χ0n) is 11.2. The number of aromatic nitrogens is 2. The van der Waals surface area contributed by atoms with E-state index < -0.39 is 0 Å². The maximum Gasteiger partial charge on any atom is 0.145 e. The Kier molecular flexibility index (Phi) is 3.92. The summed E-state index contributed by atoms with van der Waals surface area (Å²) in [4.78, 5) is 8.82. The minimum absolute atomic E-state index is 0.840. The van der Waals surface area contributed by atoms with Gasteiger partial charge in [0, 0.05) is 12.1 Å². The van der Waals surface area contributed by atoms with E-state index >= 15 is 0 Å². The van der Waals surface area contributed by atoms with Gasteiger partial charge in [0.1, 0.15) is 5.82 Å². The molecular formula is C15H19N3. The van der Waals surface area contributed by atoms with Crippen molar-refractivity contribution in [3.63, 3.8) is 0 Å². The Labute approximate surface area is 108 Å². The van der Waals surface area contributed by atoms with E-state index in [0.717, 1.165) is 30.0 Å². The van der Waals surface area contributed by atoms with Gasteiger partial charge in [-0.15, -0.1) is 0 Å². The van der Waals surface area contributed by atoms with E-state index in [4.69, 9.17) is 0 Å². The average Bonchev–Trinajstić information content (AvgIpc) is 2.40. The molecule has 0 atom stereocenters. The number of rotatable bonds is 4. The highest BCUT2D eigenvalue weighted by atomic mass is 15.0. The molecule has 3 nitrogen and oxygen atoms in total. The van der Waals surface area contributed by atoms with Gasteiger partial charge in [0.25, 0.3) is 0 Å². The van der Waals surface area contributed by atoms with Crippen LogP contribution in [0.3, 0.4) is 0 Å². The molecule has 0 aliphatic rings. The summed E-state index contributed by atoms with van der Waals surface area (Å²) in [7, 11) is 0. The summed E-state index contributed by atoms with van der Waals surface area (Å²) in [5.41, 5.74) is 4.61. The lowest BCUT2D eigenvalue weighted by Crippen LogP contribution is -2.02. The van der Waals surface area contributed by atoms with Crippen molar-refractivity contribution in [2.24, 2.45) is 0 Å². The number of aryl methyl sites for hydroxylation is 2. The van der Waals surface area contributed by atoms with E-state index in [0.29, 0.717) is 0 Å². The molecule has 18 heavy (non-hydrogen) atoms. The molecule has 0 bridgehead atoms. The van der Waals surface area contributed by atoms with Gasteiger partial charge in [-0.1, -0.05) is 19.1 Å². The van der Waals surface area contributed by atoms with Crippen LogP contribution in [0.2, 0.25) is 0 Å². The molecule has 0 saturated heterocycles. The molecule has 0 spiro atoms. The number of hydrogen-bond donors (Lipinski definition) is 1. The third-order valence-corrected chi connectivity index (χ3v) is 2.99. The summed E-state index contributed by atoms with van der Waals surface area (Å²) in [6.07, 6.45) is 4.65. The maximum absolute atomic E-state index is 4.58. The van der Waals surface area contributed by atoms with Gasteiger partial charge in [0.15, 0.2) is 0 Å². The van der Waals surface area contributed by atoms with Gasteiger partial charge in [-0.3, -0.25) is 4.98 Å². The van der Waals surface area contributed by atoms with Crippen molar-refractivity contribution in [3.8, 4) is 11.3 Å². The van der Waals surface area contributed by atoms with Crippen molar-refractivity contribution in [1.82, 2.24) is 9.97 Å². The lowest BCUT2D eigenvalue weighted by molar-refractivity contribution is 0.965. The molecule has 0 amide bonds. The Morgan fingerprint density at radius 1 is 1.11 bits per heavy atom. The maximum atomic E-state index is 4.58. The molecule has 0 unspecified atom stereocenters. The molecular weight excluding hydrogens is 222 g/mol. The summed E-state index contributed by atoms with van der Waals surface area (Å²) < 4.78 is 0. The standard InChI is InChI=1S/C15H19N3/c1-4-7-17-15-10-16-9-14(18-15)13-6-5-11(2)12(3)8-13/h5-6,8-10H,4,7H2,1-3H3,(H,17,18). The fourth-order valence-corrected chi connectivity index (χ4v) is 1.74. The van der Waals surface area contributed by atoms with Crippen LogP contribution in [0.4, 0.5) is 5.82 Å². The Hall–Kier alpha value is -1.90. The monoisotopic (exact) mass is 241 g/mol. The van der Waals surface area contributed by atoms with Crippen LogP contribution in [0.5, 0.6) is 0 Å². The summed E-state index contributed by atoms with van der Waals surface area (Å²) >= 11 is 0. The normalized spacial score (nSPS) is 10.4. The van der Waals surface area contributed by atoms with Crippen LogP contribution in [0.25, 0.3) is 11.3 Å². The second kappa shape index (κ2) is 5.63. The van der Waals surface area contributed by atoms with Gasteiger partial charge in [-0.05, 0) is 37.5 Å². The molecule has 1 aromatic heterocycles. The number of nitrogens with zero attached hydrogens (tertiary/aromatic N) is 2. The van der Waals surface area contributed by atoms with E-state index in [1.165, 1.54) is 11.1 Å². The predicted octanol–water partition coefficient (Wildman–Crippen LogP) is 3.58. The molecule has 0 aliphatic carbocycles. The van der Waals surface area contributed by atoms with Crippen molar-refractivity contribution in [1.29, 1.82) is 0 Å². The molecule has 1 N–H and O–H groups in total. The van der Waals surface area contributed by atoms with Crippen LogP contribution in [0.1, 0.15) is 24.5 Å². The van der Waals surface area contributed by atoms with E-state index in [1.54, 1.807) is 12.4 Å². The second-order valence-corrected chi connectivity index (χ2v) is 4.52. The first kappa shape index (κ1) is 12.6. The second-order valence-electron chi connectivity index (χ2n) is 4.52. The lowest BCUT2D eigenvalue weighted by atomic mass is 10.0. The first-order valence-corrected chi connectivity index (χ1v) is 6.34. The van der Waals surface area contributed by atoms with Gasteiger partial charge in [0.2, 0.25) is 0 Å². The Morgan fingerprint density at radius 2 is 1.94 bits per heavy atom. The van der Waals surface area contributed by atoms with Crippen LogP contribution in [0.15, 0.2) is 30.6 Å². The smallest absolute Gasteiger partial charge is 0.145 e. The van der Waals surface area contributed by atoms with Gasteiger partial charge < -0.3 is 5.32 Å². The molecule has 0 fully saturated rings. The molecule has 0 saturated carbocycles. The molecule has 1 heterocycles. The largest absolute Gasteiger partial charge is 0.369 e. The zero-order chi connectivity index (χ0) is 13.0. The number of anilines is 1. The van der Waals surface area contributed by atoms with Crippen LogP contribution in [-0.2, 0) is 0 Å². The SMILES string of the molecule is CCCNc1cncc(-c2ccc(C)c(C)c2)n1. The highest BCUT2D eigenvalue weighted by Gasteiger charge is 2.03. The van der Waals surface area contributed by atoms with E-state index in [9.17, 15) is 0 Å². The first-order chi connectivity index (χ1) is 8.70. The molecule has 1 aromatic carbocycles. The Balaban J connectivity index is 2.29. The highest BCUT2D eigenvalue weighted by molar-refractivity contribution is 5.61. The Morgan fingerprint density at radius 3 is 2.67 bits per heavy atom. The van der Waals surface area contributed by atoms with Crippen molar-refractivity contribution in [2.75, 3.05) is 11.9 Å². The molecule has 2 aromatic rings. The third kappa shape index (κ3) is 2.86. The van der Waals surface area contributed by atoms with E-state index in [1.807, 2.05) is 0 Å². The molecule has 0 radical (unpaired) electrons. The van der Waals surface area contributed by atoms with E-state index in [2.05, 4.69) is 54.3 Å². The van der Waals surface area contributed by atoms with Crippen molar-refractivity contribution in [2.45, 2.75) is 27.2 Å². The average molecular weight is 241 g/mol. The lowest BCUT2D eigenvalue weighted by Gasteiger charge is -2.07. The van der Waals surface area contributed by atoms with Gasteiger partial charge >= 0.3 is 0 Å². The molecule has 0 aliphatic heterocycles. The summed E-state index contributed by atoms with van der Waals surface area (Å²) in [6, 6.07) is 6.37. The zero-order valence-corrected chi connectivity index (χ0v) is 11.2. The molecule has 2 rings (SSSR count). The fraction of sp³-hybridized carbons (Fsp3) is 0.333. The number of hydrogen-bond acceptors (Lipinski definition) is 3. The van der Waals surface area contributed by atoms with Gasteiger partial charge in [-0.2, -0.15) is 0 Å². The summed E-state index contributed by atoms with van der Waals surface area (Å²) in [5.74, 6) is 0.840. The van der Waals surface area contributed by atoms with Crippen molar-refractivity contribution >= 4 is 5.82 Å². The Bertz CT molecular complexity index is 535. The van der Waals surface area contributed by atoms with Crippen LogP contribution >= 0.6 is 0 Å². The van der Waals surface area contributed by atoms with Crippen molar-refractivity contribution < 1.29 is 0 Å². The fourth-order valence-electron chi connectivity index (χ4n) is 1.74. The van der Waals surface area contributed by atoms with E-state index in [-0.39, 0.29) is 0 Å². The summed E-state index contributed by atoms with van der Waals surface area (Å²) in [5, 5.41) is 3.26. The van der Waals surface area contributed by atoms with Gasteiger partial charge in [0.05, 0.1) is 18.1 Å². The quantitative estimate of drug-likeness (QED) is 0.889. The topological polar surface area (TPSA) is 37.8 Å². The summed E-state index contributed by atoms with van der Waals surface area (Å²) in [6.45, 7) is 7.29. The number of benzene rings is 1. The highest BCUT2D eigenvalue weighted by Crippen LogP contribution is 2.20. The third-order valence-electron chi connectivity index (χ3n) is 2.99. The minimum atomic E-state index is 0.840. The van der Waals surface area contributed by atoms with Crippen molar-refractivity contribution in [3.05, 3.63) is 41.7 Å². The minimum Gasteiger partial charge on any atom is -0.369 e. The first-order valence-electron chi connectivity index (χ1n) is 6.34.